The SMILES string of the molecule is CCCN(CCC)C(=O)c1cccc(C(=O)NCc2ccccc2F)c1. The summed E-state index contributed by atoms with van der Waals surface area (Å²) >= 11 is 0. The summed E-state index contributed by atoms with van der Waals surface area (Å²) in [6.07, 6.45) is 1.77. The Morgan fingerprint density at radius 3 is 2.27 bits per heavy atom. The van der Waals surface area contributed by atoms with Crippen LogP contribution in [0.15, 0.2) is 48.5 Å². The first-order chi connectivity index (χ1) is 12.6. The van der Waals surface area contributed by atoms with Crippen molar-refractivity contribution in [1.29, 1.82) is 0 Å². The molecule has 0 radical (unpaired) electrons. The van der Waals surface area contributed by atoms with Crippen LogP contribution >= 0.6 is 0 Å². The molecule has 0 atom stereocenters. The van der Waals surface area contributed by atoms with Gasteiger partial charge in [-0.2, -0.15) is 0 Å². The Labute approximate surface area is 154 Å². The van der Waals surface area contributed by atoms with E-state index in [0.717, 1.165) is 12.8 Å². The van der Waals surface area contributed by atoms with Gasteiger partial charge in [0, 0.05) is 36.3 Å². The number of rotatable bonds is 8. The second-order valence-corrected chi connectivity index (χ2v) is 6.15. The van der Waals surface area contributed by atoms with Gasteiger partial charge in [-0.25, -0.2) is 4.39 Å². The van der Waals surface area contributed by atoms with Gasteiger partial charge in [0.1, 0.15) is 5.82 Å². The maximum absolute atomic E-state index is 13.6. The molecule has 0 saturated heterocycles. The topological polar surface area (TPSA) is 49.4 Å². The molecule has 0 fully saturated rings. The number of nitrogens with zero attached hydrogens (tertiary/aromatic N) is 1. The Hall–Kier alpha value is -2.69. The van der Waals surface area contributed by atoms with Gasteiger partial charge in [-0.3, -0.25) is 9.59 Å². The van der Waals surface area contributed by atoms with Crippen molar-refractivity contribution in [3.8, 4) is 0 Å². The Morgan fingerprint density at radius 2 is 1.62 bits per heavy atom. The quantitative estimate of drug-likeness (QED) is 0.777. The number of hydrogen-bond acceptors (Lipinski definition) is 2. The monoisotopic (exact) mass is 356 g/mol. The van der Waals surface area contributed by atoms with E-state index in [1.807, 2.05) is 13.8 Å². The van der Waals surface area contributed by atoms with Crippen LogP contribution < -0.4 is 5.32 Å². The lowest BCUT2D eigenvalue weighted by molar-refractivity contribution is 0.0755. The average molecular weight is 356 g/mol. The zero-order valence-electron chi connectivity index (χ0n) is 15.3. The standard InChI is InChI=1S/C21H25FN2O2/c1-3-12-24(13-4-2)21(26)17-10-7-9-16(14-17)20(25)23-15-18-8-5-6-11-19(18)22/h5-11,14H,3-4,12-13,15H2,1-2H3,(H,23,25). The van der Waals surface area contributed by atoms with Crippen molar-refractivity contribution in [2.75, 3.05) is 13.1 Å². The lowest BCUT2D eigenvalue weighted by atomic mass is 10.1. The molecule has 2 rings (SSSR count). The molecule has 0 aliphatic carbocycles. The van der Waals surface area contributed by atoms with Crippen LogP contribution in [0.5, 0.6) is 0 Å². The highest BCUT2D eigenvalue weighted by molar-refractivity contribution is 5.99. The zero-order chi connectivity index (χ0) is 18.9. The fraction of sp³-hybridized carbons (Fsp3) is 0.333. The molecule has 0 aliphatic heterocycles. The van der Waals surface area contributed by atoms with E-state index < -0.39 is 0 Å². The smallest absolute Gasteiger partial charge is 0.253 e. The highest BCUT2D eigenvalue weighted by atomic mass is 19.1. The number of carbonyl (C=O) groups is 2. The lowest BCUT2D eigenvalue weighted by Gasteiger charge is -2.21. The molecule has 2 amide bonds. The van der Waals surface area contributed by atoms with E-state index in [4.69, 9.17) is 0 Å². The average Bonchev–Trinajstić information content (AvgIpc) is 2.66. The van der Waals surface area contributed by atoms with Gasteiger partial charge in [-0.1, -0.05) is 38.1 Å². The predicted octanol–water partition coefficient (Wildman–Crippen LogP) is 4.02. The molecule has 4 nitrogen and oxygen atoms in total. The van der Waals surface area contributed by atoms with E-state index in [1.165, 1.54) is 6.07 Å². The summed E-state index contributed by atoms with van der Waals surface area (Å²) in [5.41, 5.74) is 1.30. The normalized spacial score (nSPS) is 10.4. The molecular weight excluding hydrogens is 331 g/mol. The molecule has 2 aromatic rings. The molecule has 0 saturated carbocycles. The molecule has 5 heteroatoms. The van der Waals surface area contributed by atoms with Gasteiger partial charge in [0.25, 0.3) is 11.8 Å². The maximum Gasteiger partial charge on any atom is 0.253 e. The zero-order valence-corrected chi connectivity index (χ0v) is 15.3. The van der Waals surface area contributed by atoms with Gasteiger partial charge < -0.3 is 10.2 Å². The van der Waals surface area contributed by atoms with E-state index in [-0.39, 0.29) is 24.2 Å². The molecule has 138 valence electrons. The van der Waals surface area contributed by atoms with Crippen molar-refractivity contribution in [1.82, 2.24) is 10.2 Å². The minimum Gasteiger partial charge on any atom is -0.348 e. The summed E-state index contributed by atoms with van der Waals surface area (Å²) in [6.45, 7) is 5.54. The third-order valence-corrected chi connectivity index (χ3v) is 4.04. The molecule has 2 aromatic carbocycles. The molecular formula is C21H25FN2O2. The highest BCUT2D eigenvalue weighted by Crippen LogP contribution is 2.11. The van der Waals surface area contributed by atoms with Crippen LogP contribution in [0.2, 0.25) is 0 Å². The van der Waals surface area contributed by atoms with Crippen LogP contribution in [0.25, 0.3) is 0 Å². The second-order valence-electron chi connectivity index (χ2n) is 6.15. The minimum atomic E-state index is -0.355. The van der Waals surface area contributed by atoms with Crippen LogP contribution in [0, 0.1) is 5.82 Å². The van der Waals surface area contributed by atoms with Crippen molar-refractivity contribution in [2.45, 2.75) is 33.2 Å². The third-order valence-electron chi connectivity index (χ3n) is 4.04. The van der Waals surface area contributed by atoms with Gasteiger partial charge in [-0.15, -0.1) is 0 Å². The number of nitrogens with one attached hydrogen (secondary N) is 1. The Kier molecular flexibility index (Phi) is 7.33. The summed E-state index contributed by atoms with van der Waals surface area (Å²) < 4.78 is 13.6. The second kappa shape index (κ2) is 9.70. The highest BCUT2D eigenvalue weighted by Gasteiger charge is 2.16. The Morgan fingerprint density at radius 1 is 0.962 bits per heavy atom. The van der Waals surface area contributed by atoms with E-state index >= 15 is 0 Å². The van der Waals surface area contributed by atoms with Crippen LogP contribution in [-0.4, -0.2) is 29.8 Å². The first-order valence-electron chi connectivity index (χ1n) is 8.97. The molecule has 0 aliphatic rings. The minimum absolute atomic E-state index is 0.0718. The van der Waals surface area contributed by atoms with Crippen molar-refractivity contribution >= 4 is 11.8 Å². The van der Waals surface area contributed by atoms with Crippen LogP contribution in [0.3, 0.4) is 0 Å². The van der Waals surface area contributed by atoms with Gasteiger partial charge in [0.15, 0.2) is 0 Å². The molecule has 0 bridgehead atoms. The molecule has 26 heavy (non-hydrogen) atoms. The fourth-order valence-electron chi connectivity index (χ4n) is 2.75. The Bertz CT molecular complexity index is 755. The van der Waals surface area contributed by atoms with Crippen LogP contribution in [0.1, 0.15) is 53.0 Å². The molecule has 0 unspecified atom stereocenters. The summed E-state index contributed by atoms with van der Waals surface area (Å²) in [5.74, 6) is -0.760. The fourth-order valence-corrected chi connectivity index (χ4v) is 2.75. The number of benzene rings is 2. The third kappa shape index (κ3) is 5.15. The van der Waals surface area contributed by atoms with Crippen molar-refractivity contribution in [3.05, 3.63) is 71.0 Å². The Balaban J connectivity index is 2.08. The summed E-state index contributed by atoms with van der Waals surface area (Å²) in [5, 5.41) is 2.70. The van der Waals surface area contributed by atoms with Crippen molar-refractivity contribution < 1.29 is 14.0 Å². The lowest BCUT2D eigenvalue weighted by Crippen LogP contribution is -2.32. The van der Waals surface area contributed by atoms with Crippen LogP contribution in [-0.2, 0) is 6.54 Å². The van der Waals surface area contributed by atoms with Gasteiger partial charge >= 0.3 is 0 Å². The first-order valence-corrected chi connectivity index (χ1v) is 8.97. The maximum atomic E-state index is 13.6. The first kappa shape index (κ1) is 19.6. The van der Waals surface area contributed by atoms with Crippen molar-refractivity contribution in [2.24, 2.45) is 0 Å². The number of halogens is 1. The van der Waals surface area contributed by atoms with Crippen LogP contribution in [0.4, 0.5) is 4.39 Å². The van der Waals surface area contributed by atoms with Gasteiger partial charge in [-0.05, 0) is 37.1 Å². The number of carbonyl (C=O) groups excluding carboxylic acids is 2. The van der Waals surface area contributed by atoms with Gasteiger partial charge in [0.05, 0.1) is 0 Å². The molecule has 0 heterocycles. The molecule has 1 N–H and O–H groups in total. The largest absolute Gasteiger partial charge is 0.348 e. The molecule has 0 aromatic heterocycles. The van der Waals surface area contributed by atoms with E-state index in [9.17, 15) is 14.0 Å². The summed E-state index contributed by atoms with van der Waals surface area (Å²) in [6, 6.07) is 13.0. The number of hydrogen-bond donors (Lipinski definition) is 1. The van der Waals surface area contributed by atoms with E-state index in [2.05, 4.69) is 5.32 Å². The van der Waals surface area contributed by atoms with Gasteiger partial charge in [0.2, 0.25) is 0 Å². The van der Waals surface area contributed by atoms with E-state index in [1.54, 1.807) is 47.4 Å². The predicted molar refractivity (Wildman–Crippen MR) is 100 cm³/mol. The number of amides is 2. The van der Waals surface area contributed by atoms with Crippen molar-refractivity contribution in [3.63, 3.8) is 0 Å². The van der Waals surface area contributed by atoms with E-state index in [0.29, 0.717) is 29.8 Å². The summed E-state index contributed by atoms with van der Waals surface area (Å²) in [7, 11) is 0. The summed E-state index contributed by atoms with van der Waals surface area (Å²) in [4.78, 5) is 26.8. The molecule has 0 spiro atoms.